The molecule has 0 radical (unpaired) electrons. The minimum Gasteiger partial charge on any atom is -0.542 e. The predicted molar refractivity (Wildman–Crippen MR) is 129 cm³/mol. The van der Waals surface area contributed by atoms with Crippen LogP contribution in [0.25, 0.3) is 5.43 Å². The van der Waals surface area contributed by atoms with Gasteiger partial charge in [0.15, 0.2) is 0 Å². The van der Waals surface area contributed by atoms with Gasteiger partial charge in [-0.1, -0.05) is 46.5 Å². The number of amides is 2. The number of benzene rings is 1. The molecule has 2 aliphatic heterocycles. The van der Waals surface area contributed by atoms with Crippen molar-refractivity contribution in [2.45, 2.75) is 43.8 Å². The Kier molecular flexibility index (Phi) is 6.43. The minimum absolute atomic E-state index is 0.0718. The van der Waals surface area contributed by atoms with Gasteiger partial charge in [0.2, 0.25) is 5.91 Å². The average molecular weight is 528 g/mol. The van der Waals surface area contributed by atoms with Gasteiger partial charge in [-0.05, 0) is 42.5 Å². The Morgan fingerprint density at radius 1 is 1.29 bits per heavy atom. The molecule has 5 rings (SSSR count). The second kappa shape index (κ2) is 9.35. The maximum Gasteiger partial charge on any atom is 0.255 e. The van der Waals surface area contributed by atoms with Crippen molar-refractivity contribution < 1.29 is 14.3 Å². The van der Waals surface area contributed by atoms with E-state index in [1.165, 1.54) is 5.01 Å². The number of pyridine rings is 1. The monoisotopic (exact) mass is 527 g/mol. The summed E-state index contributed by atoms with van der Waals surface area (Å²) in [5, 5.41) is 2.60. The number of hydrogen-bond donors (Lipinski definition) is 1. The zero-order chi connectivity index (χ0) is 23.9. The van der Waals surface area contributed by atoms with Gasteiger partial charge in [0.1, 0.15) is 0 Å². The molecule has 1 aromatic heterocycles. The van der Waals surface area contributed by atoms with E-state index in [4.69, 9.17) is 10.6 Å². The third-order valence-electron chi connectivity index (χ3n) is 6.87. The van der Waals surface area contributed by atoms with Crippen molar-refractivity contribution >= 4 is 27.7 Å². The predicted octanol–water partition coefficient (Wildman–Crippen LogP) is 3.12. The number of likely N-dealkylation sites (tertiary alicyclic amines) is 1. The van der Waals surface area contributed by atoms with Gasteiger partial charge < -0.3 is 15.1 Å². The number of hydrazine groups is 2. The van der Waals surface area contributed by atoms with Gasteiger partial charge in [0.25, 0.3) is 5.91 Å². The van der Waals surface area contributed by atoms with E-state index in [0.717, 1.165) is 40.9 Å². The Morgan fingerprint density at radius 3 is 2.85 bits per heavy atom. The highest BCUT2D eigenvalue weighted by atomic mass is 79.9. The van der Waals surface area contributed by atoms with E-state index in [9.17, 15) is 9.59 Å². The fraction of sp³-hybridized carbons (Fsp3) is 0.458. The number of rotatable bonds is 7. The van der Waals surface area contributed by atoms with Crippen LogP contribution in [-0.2, 0) is 21.6 Å². The van der Waals surface area contributed by atoms with Crippen molar-refractivity contribution in [3.05, 3.63) is 69.3 Å². The first-order chi connectivity index (χ1) is 16.4. The largest absolute Gasteiger partial charge is 0.542 e. The fourth-order valence-corrected chi connectivity index (χ4v) is 5.49. The SMILES string of the molecule is COC[C@H]1CCCN1C(=O)c1cncc(CN2C(=O)C(c3cccc(Br)c3)(C3CC3)[N-]N2N)c1. The molecule has 0 spiro atoms. The summed E-state index contributed by atoms with van der Waals surface area (Å²) in [6.07, 6.45) is 6.96. The van der Waals surface area contributed by atoms with Crippen LogP contribution in [0.2, 0.25) is 0 Å². The lowest BCUT2D eigenvalue weighted by atomic mass is 9.85. The van der Waals surface area contributed by atoms with Gasteiger partial charge in [0, 0.05) is 36.1 Å². The molecule has 9 nitrogen and oxygen atoms in total. The Labute approximate surface area is 207 Å². The number of aromatic nitrogens is 1. The highest BCUT2D eigenvalue weighted by Crippen LogP contribution is 2.55. The number of carbonyl (C=O) groups excluding carboxylic acids is 2. The molecule has 2 N–H and O–H groups in total. The number of methoxy groups -OCH3 is 1. The first-order valence-corrected chi connectivity index (χ1v) is 12.3. The summed E-state index contributed by atoms with van der Waals surface area (Å²) >= 11 is 3.51. The molecule has 10 heteroatoms. The number of halogens is 1. The zero-order valence-corrected chi connectivity index (χ0v) is 20.6. The van der Waals surface area contributed by atoms with Crippen LogP contribution in [0.1, 0.15) is 47.2 Å². The second-order valence-corrected chi connectivity index (χ2v) is 10.1. The van der Waals surface area contributed by atoms with E-state index in [2.05, 4.69) is 26.3 Å². The van der Waals surface area contributed by atoms with Crippen LogP contribution < -0.4 is 5.84 Å². The number of ether oxygens (including phenoxy) is 1. The molecule has 3 heterocycles. The van der Waals surface area contributed by atoms with E-state index < -0.39 is 5.54 Å². The lowest BCUT2D eigenvalue weighted by Gasteiger charge is -2.40. The number of nitrogens with two attached hydrogens (primary N) is 1. The lowest BCUT2D eigenvalue weighted by molar-refractivity contribution is -0.142. The highest BCUT2D eigenvalue weighted by molar-refractivity contribution is 9.10. The summed E-state index contributed by atoms with van der Waals surface area (Å²) in [6, 6.07) is 9.55. The van der Waals surface area contributed by atoms with E-state index in [1.54, 1.807) is 25.6 Å². The Bertz CT molecular complexity index is 1100. The topological polar surface area (TPSA) is 106 Å². The molecule has 2 saturated heterocycles. The van der Waals surface area contributed by atoms with E-state index in [1.807, 2.05) is 29.2 Å². The summed E-state index contributed by atoms with van der Waals surface area (Å²) < 4.78 is 6.17. The van der Waals surface area contributed by atoms with Crippen LogP contribution in [-0.4, -0.2) is 58.2 Å². The van der Waals surface area contributed by atoms with E-state index >= 15 is 0 Å². The van der Waals surface area contributed by atoms with Crippen molar-refractivity contribution in [3.63, 3.8) is 0 Å². The highest BCUT2D eigenvalue weighted by Gasteiger charge is 2.51. The summed E-state index contributed by atoms with van der Waals surface area (Å²) in [5.74, 6) is 6.12. The van der Waals surface area contributed by atoms with Gasteiger partial charge in [-0.15, -0.1) is 0 Å². The molecule has 3 aliphatic rings. The number of hydrogen-bond acceptors (Lipinski definition) is 6. The van der Waals surface area contributed by atoms with Crippen LogP contribution in [0, 0.1) is 5.92 Å². The molecular weight excluding hydrogens is 500 g/mol. The molecule has 34 heavy (non-hydrogen) atoms. The van der Waals surface area contributed by atoms with E-state index in [-0.39, 0.29) is 30.3 Å². The van der Waals surface area contributed by atoms with Crippen LogP contribution in [0.5, 0.6) is 0 Å². The Morgan fingerprint density at radius 2 is 2.12 bits per heavy atom. The summed E-state index contributed by atoms with van der Waals surface area (Å²) in [5.41, 5.74) is 5.67. The van der Waals surface area contributed by atoms with Crippen LogP contribution >= 0.6 is 15.9 Å². The molecule has 2 amide bonds. The van der Waals surface area contributed by atoms with Crippen LogP contribution in [0.3, 0.4) is 0 Å². The Balaban J connectivity index is 1.38. The third-order valence-corrected chi connectivity index (χ3v) is 7.37. The lowest BCUT2D eigenvalue weighted by Crippen LogP contribution is -2.43. The maximum atomic E-state index is 13.8. The smallest absolute Gasteiger partial charge is 0.255 e. The molecule has 1 saturated carbocycles. The van der Waals surface area contributed by atoms with Crippen molar-refractivity contribution in [3.8, 4) is 0 Å². The Hall–Kier alpha value is -2.37. The van der Waals surface area contributed by atoms with Crippen molar-refractivity contribution in [2.24, 2.45) is 11.8 Å². The van der Waals surface area contributed by atoms with Gasteiger partial charge in [-0.2, -0.15) is 0 Å². The molecule has 1 aliphatic carbocycles. The minimum atomic E-state index is -1.03. The summed E-state index contributed by atoms with van der Waals surface area (Å²) in [4.78, 5) is 33.1. The van der Waals surface area contributed by atoms with Crippen molar-refractivity contribution in [1.29, 1.82) is 0 Å². The third kappa shape index (κ3) is 4.14. The fourth-order valence-electron chi connectivity index (χ4n) is 5.09. The quantitative estimate of drug-likeness (QED) is 0.554. The van der Waals surface area contributed by atoms with Crippen LogP contribution in [0.15, 0.2) is 47.2 Å². The molecular formula is C24H28BrN6O3-. The van der Waals surface area contributed by atoms with Crippen LogP contribution in [0.4, 0.5) is 0 Å². The molecule has 0 bridgehead atoms. The second-order valence-electron chi connectivity index (χ2n) is 9.17. The normalized spacial score (nSPS) is 25.4. The molecule has 2 atom stereocenters. The van der Waals surface area contributed by atoms with Gasteiger partial charge >= 0.3 is 0 Å². The van der Waals surface area contributed by atoms with Gasteiger partial charge in [0.05, 0.1) is 24.8 Å². The average Bonchev–Trinajstić information content (AvgIpc) is 3.53. The molecule has 2 aromatic rings. The number of carbonyl (C=O) groups is 2. The van der Waals surface area contributed by atoms with Crippen molar-refractivity contribution in [2.75, 3.05) is 20.3 Å². The molecule has 3 fully saturated rings. The molecule has 1 aromatic carbocycles. The molecule has 1 unspecified atom stereocenters. The maximum absolute atomic E-state index is 13.8. The zero-order valence-electron chi connectivity index (χ0n) is 19.1. The molecule has 180 valence electrons. The van der Waals surface area contributed by atoms with Gasteiger partial charge in [-0.25, -0.2) is 0 Å². The number of nitrogens with zero attached hydrogens (tertiary/aromatic N) is 5. The standard InChI is InChI=1S/C24H28BrN6O3/c1-34-15-21-6-3-9-29(21)22(32)17-10-16(12-27-13-17)14-30-23(33)24(18-7-8-18,28-31(30)26)19-4-2-5-20(25)11-19/h2,4-5,10-13,18,21H,3,6-9,14-15,26H2,1H3/q-1/t21-,24?/m1/s1. The first-order valence-electron chi connectivity index (χ1n) is 11.5. The first kappa shape index (κ1) is 23.4. The van der Waals surface area contributed by atoms with E-state index in [0.29, 0.717) is 24.3 Å². The van der Waals surface area contributed by atoms with Gasteiger partial charge in [-0.3, -0.25) is 30.7 Å². The van der Waals surface area contributed by atoms with Crippen molar-refractivity contribution in [1.82, 2.24) is 20.1 Å². The summed E-state index contributed by atoms with van der Waals surface area (Å²) in [7, 11) is 1.65. The summed E-state index contributed by atoms with van der Waals surface area (Å²) in [6.45, 7) is 1.40.